The van der Waals surface area contributed by atoms with Crippen molar-refractivity contribution in [2.24, 2.45) is 4.99 Å². The van der Waals surface area contributed by atoms with E-state index in [0.29, 0.717) is 36.4 Å². The zero-order chi connectivity index (χ0) is 25.6. The fourth-order valence-corrected chi connectivity index (χ4v) is 3.83. The van der Waals surface area contributed by atoms with Crippen LogP contribution >= 0.6 is 11.6 Å². The molecule has 0 aliphatic heterocycles. The van der Waals surface area contributed by atoms with Crippen molar-refractivity contribution in [2.45, 2.75) is 64.1 Å². The highest BCUT2D eigenvalue weighted by atomic mass is 35.5. The average Bonchev–Trinajstić information content (AvgIpc) is 2.75. The van der Waals surface area contributed by atoms with Crippen molar-refractivity contribution in [3.63, 3.8) is 0 Å². The summed E-state index contributed by atoms with van der Waals surface area (Å²) in [4.78, 5) is 28.8. The van der Waals surface area contributed by atoms with Gasteiger partial charge in [-0.2, -0.15) is 4.99 Å². The van der Waals surface area contributed by atoms with E-state index in [2.05, 4.69) is 20.9 Å². The molecule has 0 spiro atoms. The second-order valence-electron chi connectivity index (χ2n) is 9.37. The van der Waals surface area contributed by atoms with Gasteiger partial charge in [0.15, 0.2) is 11.6 Å². The molecule has 0 atom stereocenters. The molecule has 188 valence electrons. The molecule has 0 bridgehead atoms. The molecule has 0 radical (unpaired) electrons. The van der Waals surface area contributed by atoms with Gasteiger partial charge in [-0.05, 0) is 82.9 Å². The third-order valence-electron chi connectivity index (χ3n) is 5.26. The van der Waals surface area contributed by atoms with Crippen LogP contribution in [0, 0.1) is 11.6 Å². The maximum Gasteiger partial charge on any atom is 0.407 e. The molecule has 1 aliphatic rings. The van der Waals surface area contributed by atoms with E-state index < -0.39 is 29.2 Å². The first-order chi connectivity index (χ1) is 16.5. The number of amides is 2. The molecule has 2 amide bonds. The summed E-state index contributed by atoms with van der Waals surface area (Å²) in [6.07, 6.45) is 2.37. The molecule has 1 fully saturated rings. The molecule has 0 unspecified atom stereocenters. The van der Waals surface area contributed by atoms with Crippen LogP contribution in [0.5, 0.6) is 0 Å². The van der Waals surface area contributed by atoms with Crippen molar-refractivity contribution in [1.29, 1.82) is 0 Å². The fraction of sp³-hybridized carbons (Fsp3) is 0.400. The van der Waals surface area contributed by atoms with Gasteiger partial charge in [0.25, 0.3) is 5.91 Å². The first-order valence-electron chi connectivity index (χ1n) is 11.4. The molecular formula is C25H29ClF2N4O3. The van der Waals surface area contributed by atoms with Crippen LogP contribution in [0.25, 0.3) is 0 Å². The number of halogens is 3. The van der Waals surface area contributed by atoms with Crippen LogP contribution in [0.4, 0.5) is 19.3 Å². The average molecular weight is 507 g/mol. The SMILES string of the molecule is CC(C)(C)OC(=O)N[C@H]1CC[C@H](N/C(=N\C(=O)c2ccc(F)c(F)c2)Nc2cccc(Cl)c2)CC1. The Morgan fingerprint density at radius 3 is 2.23 bits per heavy atom. The lowest BCUT2D eigenvalue weighted by Gasteiger charge is -2.31. The highest BCUT2D eigenvalue weighted by Crippen LogP contribution is 2.21. The number of benzene rings is 2. The number of nitrogens with zero attached hydrogens (tertiary/aromatic N) is 1. The van der Waals surface area contributed by atoms with Crippen molar-refractivity contribution >= 4 is 35.2 Å². The summed E-state index contributed by atoms with van der Waals surface area (Å²) in [5.41, 5.74) is -0.0522. The molecule has 0 heterocycles. The van der Waals surface area contributed by atoms with Gasteiger partial charge in [-0.3, -0.25) is 4.79 Å². The van der Waals surface area contributed by atoms with Gasteiger partial charge in [-0.25, -0.2) is 13.6 Å². The highest BCUT2D eigenvalue weighted by molar-refractivity contribution is 6.30. The Balaban J connectivity index is 1.68. The molecule has 3 rings (SSSR count). The number of anilines is 1. The summed E-state index contributed by atoms with van der Waals surface area (Å²) < 4.78 is 32.2. The Hall–Kier alpha value is -3.20. The number of carbonyl (C=O) groups is 2. The van der Waals surface area contributed by atoms with Gasteiger partial charge in [-0.1, -0.05) is 17.7 Å². The van der Waals surface area contributed by atoms with E-state index in [-0.39, 0.29) is 23.6 Å². The second-order valence-corrected chi connectivity index (χ2v) is 9.81. The number of guanidine groups is 1. The summed E-state index contributed by atoms with van der Waals surface area (Å²) in [6, 6.07) is 9.70. The molecule has 2 aromatic carbocycles. The van der Waals surface area contributed by atoms with Gasteiger partial charge < -0.3 is 20.7 Å². The molecule has 3 N–H and O–H groups in total. The van der Waals surface area contributed by atoms with E-state index in [0.717, 1.165) is 12.1 Å². The van der Waals surface area contributed by atoms with Gasteiger partial charge in [0.05, 0.1) is 0 Å². The third kappa shape index (κ3) is 8.51. The Morgan fingerprint density at radius 2 is 1.63 bits per heavy atom. The minimum absolute atomic E-state index is 0.0204. The Kier molecular flexibility index (Phi) is 8.67. The molecule has 2 aromatic rings. The minimum Gasteiger partial charge on any atom is -0.444 e. The highest BCUT2D eigenvalue weighted by Gasteiger charge is 2.25. The van der Waals surface area contributed by atoms with Crippen molar-refractivity contribution in [1.82, 2.24) is 10.6 Å². The number of ether oxygens (including phenoxy) is 1. The standard InChI is InChI=1S/C25H29ClF2N4O3/c1-25(2,3)35-24(34)31-18-10-8-17(9-11-18)29-23(30-19-6-4-5-16(26)14-19)32-22(33)15-7-12-20(27)21(28)13-15/h4-7,12-14,17-18H,8-11H2,1-3H3,(H,31,34)(H2,29,30,32,33)/t17-,18-. The van der Waals surface area contributed by atoms with E-state index in [9.17, 15) is 18.4 Å². The normalized spacial score (nSPS) is 18.5. The summed E-state index contributed by atoms with van der Waals surface area (Å²) in [7, 11) is 0. The quantitative estimate of drug-likeness (QED) is 0.368. The number of alkyl carbamates (subject to hydrolysis) is 1. The van der Waals surface area contributed by atoms with Crippen molar-refractivity contribution in [3.05, 3.63) is 64.7 Å². The van der Waals surface area contributed by atoms with E-state index in [1.54, 1.807) is 24.3 Å². The zero-order valence-corrected chi connectivity index (χ0v) is 20.6. The zero-order valence-electron chi connectivity index (χ0n) is 19.8. The molecule has 0 aromatic heterocycles. The Morgan fingerprint density at radius 1 is 0.971 bits per heavy atom. The molecule has 1 saturated carbocycles. The van der Waals surface area contributed by atoms with Crippen LogP contribution in [0.1, 0.15) is 56.8 Å². The number of hydrogen-bond donors (Lipinski definition) is 3. The third-order valence-corrected chi connectivity index (χ3v) is 5.49. The van der Waals surface area contributed by atoms with E-state index in [1.807, 2.05) is 20.8 Å². The molecule has 1 aliphatic carbocycles. The summed E-state index contributed by atoms with van der Waals surface area (Å²) in [6.45, 7) is 5.42. The van der Waals surface area contributed by atoms with Crippen LogP contribution in [-0.4, -0.2) is 35.6 Å². The molecule has 10 heteroatoms. The summed E-state index contributed by atoms with van der Waals surface area (Å²) in [5.74, 6) is -2.75. The number of hydrogen-bond acceptors (Lipinski definition) is 3. The van der Waals surface area contributed by atoms with Crippen LogP contribution < -0.4 is 16.0 Å². The monoisotopic (exact) mass is 506 g/mol. The van der Waals surface area contributed by atoms with E-state index >= 15 is 0 Å². The maximum atomic E-state index is 13.6. The van der Waals surface area contributed by atoms with Crippen LogP contribution in [0.2, 0.25) is 5.02 Å². The van der Waals surface area contributed by atoms with Crippen LogP contribution in [0.3, 0.4) is 0 Å². The number of carbonyl (C=O) groups excluding carboxylic acids is 2. The maximum absolute atomic E-state index is 13.6. The summed E-state index contributed by atoms with van der Waals surface area (Å²) >= 11 is 6.06. The smallest absolute Gasteiger partial charge is 0.407 e. The van der Waals surface area contributed by atoms with E-state index in [1.165, 1.54) is 6.07 Å². The van der Waals surface area contributed by atoms with Gasteiger partial charge in [0, 0.05) is 28.4 Å². The van der Waals surface area contributed by atoms with Crippen molar-refractivity contribution in [2.75, 3.05) is 5.32 Å². The van der Waals surface area contributed by atoms with Crippen LogP contribution in [-0.2, 0) is 4.74 Å². The molecule has 0 saturated heterocycles. The molecule has 35 heavy (non-hydrogen) atoms. The minimum atomic E-state index is -1.13. The second kappa shape index (κ2) is 11.5. The van der Waals surface area contributed by atoms with Crippen molar-refractivity contribution in [3.8, 4) is 0 Å². The molecule has 7 nitrogen and oxygen atoms in total. The Bertz CT molecular complexity index is 1100. The topological polar surface area (TPSA) is 91.8 Å². The number of aliphatic imine (C=N–C) groups is 1. The Labute approximate surface area is 208 Å². The van der Waals surface area contributed by atoms with E-state index in [4.69, 9.17) is 16.3 Å². The largest absolute Gasteiger partial charge is 0.444 e. The lowest BCUT2D eigenvalue weighted by Crippen LogP contribution is -2.46. The van der Waals surface area contributed by atoms with Gasteiger partial charge in [-0.15, -0.1) is 0 Å². The van der Waals surface area contributed by atoms with Gasteiger partial charge in [0.1, 0.15) is 5.60 Å². The lowest BCUT2D eigenvalue weighted by atomic mass is 9.91. The number of nitrogens with one attached hydrogen (secondary N) is 3. The molecular weight excluding hydrogens is 478 g/mol. The first kappa shape index (κ1) is 26.4. The van der Waals surface area contributed by atoms with Gasteiger partial charge in [0.2, 0.25) is 5.96 Å². The van der Waals surface area contributed by atoms with Gasteiger partial charge >= 0.3 is 6.09 Å². The van der Waals surface area contributed by atoms with Crippen LogP contribution in [0.15, 0.2) is 47.5 Å². The summed E-state index contributed by atoms with van der Waals surface area (Å²) in [5, 5.41) is 9.65. The fourth-order valence-electron chi connectivity index (χ4n) is 3.64. The lowest BCUT2D eigenvalue weighted by molar-refractivity contribution is 0.0490. The first-order valence-corrected chi connectivity index (χ1v) is 11.7. The number of rotatable bonds is 4. The predicted octanol–water partition coefficient (Wildman–Crippen LogP) is 5.65. The predicted molar refractivity (Wildman–Crippen MR) is 132 cm³/mol. The van der Waals surface area contributed by atoms with Crippen molar-refractivity contribution < 1.29 is 23.1 Å².